The number of alkyl halides is 3. The Balaban J connectivity index is 2.08. The van der Waals surface area contributed by atoms with Crippen molar-refractivity contribution in [1.29, 1.82) is 5.26 Å². The molecular weight excluding hydrogens is 425 g/mol. The first-order valence-corrected chi connectivity index (χ1v) is 10.9. The van der Waals surface area contributed by atoms with Crippen LogP contribution >= 0.6 is 11.3 Å². The second kappa shape index (κ2) is 8.60. The summed E-state index contributed by atoms with van der Waals surface area (Å²) in [5, 5.41) is 10.4. The van der Waals surface area contributed by atoms with E-state index in [1.54, 1.807) is 18.3 Å². The van der Waals surface area contributed by atoms with Crippen molar-refractivity contribution in [3.8, 4) is 16.6 Å². The van der Waals surface area contributed by atoms with Crippen LogP contribution in [0.1, 0.15) is 49.6 Å². The van der Waals surface area contributed by atoms with Crippen LogP contribution in [0.15, 0.2) is 30.5 Å². The molecule has 2 aromatic rings. The number of benzene rings is 1. The molecular formula is C22H25F3N4OS. The summed E-state index contributed by atoms with van der Waals surface area (Å²) in [5.41, 5.74) is 4.90. The zero-order valence-corrected chi connectivity index (χ0v) is 18.4. The number of rotatable bonds is 8. The summed E-state index contributed by atoms with van der Waals surface area (Å²) in [4.78, 5) is 18.6. The molecule has 9 heteroatoms. The molecule has 2 atom stereocenters. The van der Waals surface area contributed by atoms with Crippen LogP contribution in [-0.4, -0.2) is 33.5 Å². The molecule has 0 spiro atoms. The van der Waals surface area contributed by atoms with Crippen molar-refractivity contribution in [3.05, 3.63) is 40.9 Å². The summed E-state index contributed by atoms with van der Waals surface area (Å²) in [5.74, 6) is -0.918. The molecule has 1 aliphatic carbocycles. The predicted molar refractivity (Wildman–Crippen MR) is 113 cm³/mol. The van der Waals surface area contributed by atoms with Gasteiger partial charge in [-0.15, -0.1) is 11.3 Å². The first-order valence-electron chi connectivity index (χ1n) is 10.1. The fraction of sp³-hybridized carbons (Fsp3) is 0.500. The van der Waals surface area contributed by atoms with Crippen LogP contribution in [0.5, 0.6) is 0 Å². The Morgan fingerprint density at radius 1 is 1.32 bits per heavy atom. The molecule has 1 saturated carbocycles. The summed E-state index contributed by atoms with van der Waals surface area (Å²) < 4.78 is 43.3. The van der Waals surface area contributed by atoms with Gasteiger partial charge in [-0.2, -0.15) is 18.4 Å². The summed E-state index contributed by atoms with van der Waals surface area (Å²) in [7, 11) is 0. The molecule has 5 nitrogen and oxygen atoms in total. The van der Waals surface area contributed by atoms with Gasteiger partial charge in [0.1, 0.15) is 16.6 Å². The van der Waals surface area contributed by atoms with Crippen LogP contribution in [0, 0.1) is 24.2 Å². The summed E-state index contributed by atoms with van der Waals surface area (Å²) in [6.07, 6.45) is -2.30. The molecule has 1 amide bonds. The van der Waals surface area contributed by atoms with Crippen molar-refractivity contribution in [1.82, 2.24) is 9.88 Å². The van der Waals surface area contributed by atoms with Crippen molar-refractivity contribution >= 4 is 17.2 Å². The minimum atomic E-state index is -4.70. The number of aromatic nitrogens is 1. The quantitative estimate of drug-likeness (QED) is 0.615. The van der Waals surface area contributed by atoms with Gasteiger partial charge >= 0.3 is 6.18 Å². The Kier molecular flexibility index (Phi) is 6.44. The molecule has 0 aliphatic heterocycles. The Labute approximate surface area is 183 Å². The van der Waals surface area contributed by atoms with Gasteiger partial charge in [0.05, 0.1) is 12.1 Å². The van der Waals surface area contributed by atoms with E-state index < -0.39 is 29.7 Å². The summed E-state index contributed by atoms with van der Waals surface area (Å²) in [6.45, 7) is 5.53. The van der Waals surface area contributed by atoms with Gasteiger partial charge in [0.15, 0.2) is 0 Å². The molecule has 2 N–H and O–H groups in total. The Morgan fingerprint density at radius 3 is 2.32 bits per heavy atom. The van der Waals surface area contributed by atoms with Crippen molar-refractivity contribution in [3.63, 3.8) is 0 Å². The number of halogens is 3. The van der Waals surface area contributed by atoms with Crippen LogP contribution in [0.2, 0.25) is 0 Å². The molecule has 1 heterocycles. The first-order chi connectivity index (χ1) is 14.5. The smallest absolute Gasteiger partial charge is 0.368 e. The monoisotopic (exact) mass is 450 g/mol. The molecule has 1 aromatic carbocycles. The third kappa shape index (κ3) is 4.91. The van der Waals surface area contributed by atoms with Gasteiger partial charge in [-0.25, -0.2) is 4.98 Å². The maximum atomic E-state index is 14.4. The number of nitrogens with two attached hydrogens (primary N) is 1. The van der Waals surface area contributed by atoms with Gasteiger partial charge in [0.25, 0.3) is 0 Å². The molecule has 1 fully saturated rings. The van der Waals surface area contributed by atoms with Crippen molar-refractivity contribution < 1.29 is 18.0 Å². The number of nitrogens with zero attached hydrogens (tertiary/aromatic N) is 3. The highest BCUT2D eigenvalue weighted by Crippen LogP contribution is 2.52. The number of thiazole rings is 1. The van der Waals surface area contributed by atoms with E-state index in [-0.39, 0.29) is 30.7 Å². The molecule has 0 radical (unpaired) electrons. The average Bonchev–Trinajstić information content (AvgIpc) is 3.36. The molecule has 0 saturated heterocycles. The average molecular weight is 451 g/mol. The van der Waals surface area contributed by atoms with E-state index in [2.05, 4.69) is 4.98 Å². The Morgan fingerprint density at radius 2 is 1.94 bits per heavy atom. The van der Waals surface area contributed by atoms with Gasteiger partial charge in [0, 0.05) is 16.6 Å². The number of primary amides is 1. The maximum absolute atomic E-state index is 14.4. The van der Waals surface area contributed by atoms with Crippen LogP contribution in [-0.2, 0) is 4.79 Å². The zero-order valence-electron chi connectivity index (χ0n) is 17.6. The standard InChI is InChI=1S/C22H25F3N4OS/c1-13(2)10-17(19(27)30)29(21(12-26)8-9-21)18(22(23,24)25)15-4-6-16(7-5-15)20-28-11-14(3)31-20/h4-7,11,13,17-18H,8-10H2,1-3H3,(H2,27,30)/t17-,18-/m0/s1. The summed E-state index contributed by atoms with van der Waals surface area (Å²) >= 11 is 1.45. The van der Waals surface area contributed by atoms with Crippen LogP contribution in [0.3, 0.4) is 0 Å². The summed E-state index contributed by atoms with van der Waals surface area (Å²) in [6, 6.07) is 4.71. The van der Waals surface area contributed by atoms with Crippen LogP contribution < -0.4 is 5.73 Å². The second-order valence-electron chi connectivity index (χ2n) is 8.44. The Hall–Kier alpha value is -2.44. The van der Waals surface area contributed by atoms with E-state index in [4.69, 9.17) is 5.73 Å². The van der Waals surface area contributed by atoms with E-state index in [9.17, 15) is 23.2 Å². The number of hydrogen-bond donors (Lipinski definition) is 1. The number of nitriles is 1. The third-order valence-electron chi connectivity index (χ3n) is 5.47. The van der Waals surface area contributed by atoms with Crippen LogP contribution in [0.25, 0.3) is 10.6 Å². The number of hydrogen-bond acceptors (Lipinski definition) is 5. The molecule has 1 aromatic heterocycles. The van der Waals surface area contributed by atoms with Gasteiger partial charge in [-0.05, 0) is 37.7 Å². The predicted octanol–water partition coefficient (Wildman–Crippen LogP) is 4.98. The molecule has 0 unspecified atom stereocenters. The molecule has 0 bridgehead atoms. The van der Waals surface area contributed by atoms with Crippen molar-refractivity contribution in [2.75, 3.05) is 0 Å². The van der Waals surface area contributed by atoms with Gasteiger partial charge in [0.2, 0.25) is 5.91 Å². The zero-order chi connectivity index (χ0) is 23.0. The highest BCUT2D eigenvalue weighted by Gasteiger charge is 2.60. The minimum absolute atomic E-state index is 0.0268. The largest absolute Gasteiger partial charge is 0.408 e. The SMILES string of the molecule is Cc1cnc(-c2ccc([C@H](N([C@@H](CC(C)C)C(N)=O)C3(C#N)CC3)C(F)(F)F)cc2)s1. The lowest BCUT2D eigenvalue weighted by Crippen LogP contribution is -2.56. The minimum Gasteiger partial charge on any atom is -0.368 e. The lowest BCUT2D eigenvalue weighted by atomic mass is 9.93. The molecule has 31 heavy (non-hydrogen) atoms. The highest BCUT2D eigenvalue weighted by molar-refractivity contribution is 7.14. The molecule has 166 valence electrons. The fourth-order valence-electron chi connectivity index (χ4n) is 3.89. The highest BCUT2D eigenvalue weighted by atomic mass is 32.1. The Bertz CT molecular complexity index is 974. The maximum Gasteiger partial charge on any atom is 0.408 e. The van der Waals surface area contributed by atoms with Gasteiger partial charge < -0.3 is 5.73 Å². The van der Waals surface area contributed by atoms with E-state index in [1.807, 2.05) is 26.8 Å². The number of carbonyl (C=O) groups excluding carboxylic acids is 1. The molecule has 1 aliphatic rings. The van der Waals surface area contributed by atoms with E-state index in [0.29, 0.717) is 5.56 Å². The van der Waals surface area contributed by atoms with E-state index in [1.165, 1.54) is 23.5 Å². The number of carbonyl (C=O) groups is 1. The van der Waals surface area contributed by atoms with Crippen molar-refractivity contribution in [2.45, 2.75) is 63.8 Å². The third-order valence-corrected chi connectivity index (χ3v) is 6.43. The van der Waals surface area contributed by atoms with Crippen molar-refractivity contribution in [2.24, 2.45) is 11.7 Å². The lowest BCUT2D eigenvalue weighted by molar-refractivity contribution is -0.200. The second-order valence-corrected chi connectivity index (χ2v) is 9.68. The number of aryl methyl sites for hydroxylation is 1. The van der Waals surface area contributed by atoms with Gasteiger partial charge in [-0.3, -0.25) is 9.69 Å². The topological polar surface area (TPSA) is 83.0 Å². The number of amides is 1. The first kappa shape index (κ1) is 23.2. The van der Waals surface area contributed by atoms with E-state index in [0.717, 1.165) is 14.8 Å². The van der Waals surface area contributed by atoms with Crippen LogP contribution in [0.4, 0.5) is 13.2 Å². The van der Waals surface area contributed by atoms with Gasteiger partial charge in [-0.1, -0.05) is 38.1 Å². The lowest BCUT2D eigenvalue weighted by Gasteiger charge is -2.41. The van der Waals surface area contributed by atoms with E-state index >= 15 is 0 Å². The fourth-order valence-corrected chi connectivity index (χ4v) is 4.66. The normalized spacial score (nSPS) is 17.4. The molecule has 3 rings (SSSR count).